The van der Waals surface area contributed by atoms with E-state index in [1.165, 1.54) is 0 Å². The second-order valence-electron chi connectivity index (χ2n) is 13.3. The van der Waals surface area contributed by atoms with Gasteiger partial charge in [0.2, 0.25) is 0 Å². The highest BCUT2D eigenvalue weighted by molar-refractivity contribution is 5.88. The molecule has 0 unspecified atom stereocenters. The maximum Gasteiger partial charge on any atom is 0.142 e. The zero-order chi connectivity index (χ0) is 25.2. The lowest BCUT2D eigenvalue weighted by atomic mass is 9.43. The fraction of sp³-hybridized carbons (Fsp3) is 0.926. The van der Waals surface area contributed by atoms with Gasteiger partial charge in [-0.2, -0.15) is 0 Å². The van der Waals surface area contributed by atoms with E-state index >= 15 is 0 Å². The zero-order valence-electron chi connectivity index (χ0n) is 21.8. The third kappa shape index (κ3) is 4.05. The lowest BCUT2D eigenvalue weighted by Crippen LogP contribution is -2.64. The maximum atomic E-state index is 14.0. The van der Waals surface area contributed by atoms with Crippen molar-refractivity contribution in [2.24, 2.45) is 45.5 Å². The van der Waals surface area contributed by atoms with Crippen LogP contribution in [0.3, 0.4) is 0 Å². The first-order valence-corrected chi connectivity index (χ1v) is 13.6. The molecular weight excluding hydrogens is 444 g/mol. The van der Waals surface area contributed by atoms with Crippen molar-refractivity contribution in [2.75, 3.05) is 26.2 Å². The second kappa shape index (κ2) is 8.83. The molecule has 0 amide bonds. The third-order valence-electron chi connectivity index (χ3n) is 11.0. The molecule has 0 spiro atoms. The summed E-state index contributed by atoms with van der Waals surface area (Å²) in [6, 6.07) is 0.0565. The maximum absolute atomic E-state index is 14.0. The molecule has 5 rings (SSSR count). The predicted molar refractivity (Wildman–Crippen MR) is 131 cm³/mol. The minimum Gasteiger partial charge on any atom is -0.391 e. The van der Waals surface area contributed by atoms with Gasteiger partial charge in [-0.3, -0.25) is 14.5 Å². The monoisotopic (exact) mass is 486 g/mol. The van der Waals surface area contributed by atoms with Gasteiger partial charge >= 0.3 is 0 Å². The highest BCUT2D eigenvalue weighted by Crippen LogP contribution is 2.66. The summed E-state index contributed by atoms with van der Waals surface area (Å²) in [4.78, 5) is 32.1. The number of aliphatic hydroxyl groups is 1. The Balaban J connectivity index is 1.41. The summed E-state index contributed by atoms with van der Waals surface area (Å²) in [6.07, 6.45) is 5.53. The Morgan fingerprint density at radius 2 is 1.97 bits per heavy atom. The molecule has 194 valence electrons. The van der Waals surface area contributed by atoms with Gasteiger partial charge in [-0.1, -0.05) is 19.0 Å². The summed E-state index contributed by atoms with van der Waals surface area (Å²) in [6.45, 7) is 10.9. The smallest absolute Gasteiger partial charge is 0.142 e. The predicted octanol–water partition coefficient (Wildman–Crippen LogP) is 4.15. The van der Waals surface area contributed by atoms with Crippen LogP contribution in [0.2, 0.25) is 0 Å². The van der Waals surface area contributed by atoms with Crippen LogP contribution < -0.4 is 0 Å². The van der Waals surface area contributed by atoms with Gasteiger partial charge in [-0.15, -0.1) is 0 Å². The number of hydrogen-bond acceptors (Lipinski definition) is 6. The van der Waals surface area contributed by atoms with Crippen molar-refractivity contribution < 1.29 is 19.4 Å². The van der Waals surface area contributed by atoms with Crippen LogP contribution >= 0.6 is 0 Å². The number of nitrogens with zero attached hydrogens (tertiary/aromatic N) is 4. The summed E-state index contributed by atoms with van der Waals surface area (Å²) in [5.41, 5.74) is 8.00. The largest absolute Gasteiger partial charge is 0.391 e. The number of rotatable bonds is 4. The molecule has 8 nitrogen and oxygen atoms in total. The Morgan fingerprint density at radius 1 is 1.20 bits per heavy atom. The minimum absolute atomic E-state index is 0.00488. The molecule has 0 aromatic rings. The number of ketones is 2. The van der Waals surface area contributed by atoms with Gasteiger partial charge in [-0.25, -0.2) is 0 Å². The molecule has 1 saturated heterocycles. The number of fused-ring (bicyclic) bond motifs is 5. The SMILES string of the molecule is CC1(C)CN([C@H]2C[C@@]3(C)[C@@H](CC[C@H]4[C@@H]5CC[C@H](C(=O)CN=[N+]=[N-])[C@@]5(C)CC(=O)[C@@H]43)C[C@@H]2O)CCO1. The number of Topliss-reactive ketones (excluding diaryl/α,β-unsaturated/α-hetero) is 2. The molecule has 1 aliphatic heterocycles. The van der Waals surface area contributed by atoms with Crippen LogP contribution in [0, 0.1) is 40.4 Å². The number of azide groups is 1. The van der Waals surface area contributed by atoms with Gasteiger partial charge < -0.3 is 9.84 Å². The standard InChI is InChI=1S/C27H42N4O4/c1-25(2)15-31(9-10-35-25)20-12-26(3)16(11-21(20)32)5-6-17-18-7-8-19(23(34)14-29-30-28)27(18,4)13-22(33)24(17)26/h16-21,24,32H,5-15H2,1-4H3/t16-,17-,18-,19+,20-,21-,24+,26-,27-/m0/s1. The van der Waals surface area contributed by atoms with Crippen LogP contribution in [0.5, 0.6) is 0 Å². The van der Waals surface area contributed by atoms with E-state index in [0.29, 0.717) is 36.6 Å². The van der Waals surface area contributed by atoms with Crippen LogP contribution in [0.4, 0.5) is 0 Å². The minimum atomic E-state index is -0.364. The topological polar surface area (TPSA) is 116 Å². The van der Waals surface area contributed by atoms with E-state index in [-0.39, 0.29) is 52.7 Å². The van der Waals surface area contributed by atoms with Gasteiger partial charge in [0.05, 0.1) is 24.9 Å². The van der Waals surface area contributed by atoms with E-state index < -0.39 is 0 Å². The van der Waals surface area contributed by atoms with Crippen LogP contribution in [0.1, 0.15) is 72.6 Å². The average molecular weight is 487 g/mol. The lowest BCUT2D eigenvalue weighted by molar-refractivity contribution is -0.177. The summed E-state index contributed by atoms with van der Waals surface area (Å²) < 4.78 is 5.94. The van der Waals surface area contributed by atoms with E-state index in [1.54, 1.807) is 0 Å². The first kappa shape index (κ1) is 25.2. The molecule has 1 N–H and O–H groups in total. The van der Waals surface area contributed by atoms with Gasteiger partial charge in [0.25, 0.3) is 0 Å². The van der Waals surface area contributed by atoms with Crippen LogP contribution in [-0.4, -0.2) is 65.6 Å². The molecule has 8 heteroatoms. The van der Waals surface area contributed by atoms with Gasteiger partial charge in [0, 0.05) is 42.3 Å². The lowest BCUT2D eigenvalue weighted by Gasteiger charge is -2.62. The fourth-order valence-corrected chi connectivity index (χ4v) is 9.54. The Morgan fingerprint density at radius 3 is 2.69 bits per heavy atom. The van der Waals surface area contributed by atoms with Crippen molar-refractivity contribution >= 4 is 11.6 Å². The van der Waals surface area contributed by atoms with Gasteiger partial charge in [0.15, 0.2) is 0 Å². The van der Waals surface area contributed by atoms with Crippen molar-refractivity contribution in [3.63, 3.8) is 0 Å². The average Bonchev–Trinajstić information content (AvgIpc) is 3.13. The Bertz CT molecular complexity index is 932. The Hall–Kier alpha value is -1.47. The molecule has 5 fully saturated rings. The van der Waals surface area contributed by atoms with Crippen LogP contribution in [0.25, 0.3) is 10.4 Å². The van der Waals surface area contributed by atoms with E-state index in [1.807, 2.05) is 0 Å². The summed E-state index contributed by atoms with van der Waals surface area (Å²) in [5, 5.41) is 14.8. The molecule has 9 atom stereocenters. The first-order chi connectivity index (χ1) is 16.5. The Labute approximate surface area is 208 Å². The molecule has 4 saturated carbocycles. The number of aliphatic hydroxyl groups excluding tert-OH is 1. The Kier molecular flexibility index (Phi) is 6.35. The highest BCUT2D eigenvalue weighted by Gasteiger charge is 2.65. The summed E-state index contributed by atoms with van der Waals surface area (Å²) in [7, 11) is 0. The normalized spacial score (nSPS) is 47.2. The van der Waals surface area contributed by atoms with E-state index in [0.717, 1.165) is 51.6 Å². The second-order valence-corrected chi connectivity index (χ2v) is 13.3. The zero-order valence-corrected chi connectivity index (χ0v) is 21.8. The van der Waals surface area contributed by atoms with Crippen LogP contribution in [-0.2, 0) is 14.3 Å². The van der Waals surface area contributed by atoms with Crippen molar-refractivity contribution in [3.8, 4) is 0 Å². The van der Waals surface area contributed by atoms with Gasteiger partial charge in [0.1, 0.15) is 11.6 Å². The summed E-state index contributed by atoms with van der Waals surface area (Å²) >= 11 is 0. The van der Waals surface area contributed by atoms with Crippen molar-refractivity contribution in [1.29, 1.82) is 0 Å². The van der Waals surface area contributed by atoms with Crippen LogP contribution in [0.15, 0.2) is 5.11 Å². The molecule has 0 aromatic heterocycles. The molecular formula is C27H42N4O4. The number of morpholine rings is 1. The molecule has 0 radical (unpaired) electrons. The van der Waals surface area contributed by atoms with E-state index in [4.69, 9.17) is 10.3 Å². The molecule has 35 heavy (non-hydrogen) atoms. The fourth-order valence-electron chi connectivity index (χ4n) is 9.54. The molecule has 0 aromatic carbocycles. The summed E-state index contributed by atoms with van der Waals surface area (Å²) in [5.74, 6) is 1.16. The molecule has 1 heterocycles. The van der Waals surface area contributed by atoms with Crippen molar-refractivity contribution in [3.05, 3.63) is 10.4 Å². The molecule has 4 aliphatic carbocycles. The number of ether oxygens (including phenoxy) is 1. The molecule has 0 bridgehead atoms. The highest BCUT2D eigenvalue weighted by atomic mass is 16.5. The van der Waals surface area contributed by atoms with Crippen molar-refractivity contribution in [1.82, 2.24) is 4.90 Å². The van der Waals surface area contributed by atoms with Gasteiger partial charge in [-0.05, 0) is 86.5 Å². The third-order valence-corrected chi connectivity index (χ3v) is 11.0. The quantitative estimate of drug-likeness (QED) is 0.364. The number of hydrogen-bond donors (Lipinski definition) is 1. The number of carbonyl (C=O) groups is 2. The first-order valence-electron chi connectivity index (χ1n) is 13.6. The van der Waals surface area contributed by atoms with E-state index in [9.17, 15) is 14.7 Å². The van der Waals surface area contributed by atoms with E-state index in [2.05, 4.69) is 42.6 Å². The van der Waals surface area contributed by atoms with Crippen molar-refractivity contribution in [2.45, 2.75) is 90.4 Å². The number of carbonyl (C=O) groups excluding carboxylic acids is 2. The molecule has 5 aliphatic rings.